The molecule has 130 valence electrons. The summed E-state index contributed by atoms with van der Waals surface area (Å²) in [6.07, 6.45) is 0. The Morgan fingerprint density at radius 3 is 2.84 bits per heavy atom. The summed E-state index contributed by atoms with van der Waals surface area (Å²) >= 11 is 1.46. The molecule has 0 fully saturated rings. The summed E-state index contributed by atoms with van der Waals surface area (Å²) in [6, 6.07) is 2.74. The van der Waals surface area contributed by atoms with Crippen molar-refractivity contribution in [2.75, 3.05) is 18.4 Å². The Hall–Kier alpha value is -3.01. The number of hydrogen-bond donors (Lipinski definition) is 2. The Balaban J connectivity index is 1.94. The molecule has 0 spiro atoms. The van der Waals surface area contributed by atoms with Crippen molar-refractivity contribution in [1.29, 1.82) is 0 Å². The van der Waals surface area contributed by atoms with Crippen molar-refractivity contribution in [2.45, 2.75) is 13.8 Å². The van der Waals surface area contributed by atoms with E-state index in [2.05, 4.69) is 20.6 Å². The minimum Gasteiger partial charge on any atom is -0.397 e. The van der Waals surface area contributed by atoms with Crippen LogP contribution in [0.1, 0.15) is 12.5 Å². The van der Waals surface area contributed by atoms with Crippen molar-refractivity contribution in [2.24, 2.45) is 0 Å². The zero-order valence-electron chi connectivity index (χ0n) is 13.5. The lowest BCUT2D eigenvalue weighted by molar-refractivity contribution is -0.401. The predicted octanol–water partition coefficient (Wildman–Crippen LogP) is 2.72. The Kier molecular flexibility index (Phi) is 4.61. The first-order valence-corrected chi connectivity index (χ1v) is 8.32. The number of hydrogen-bond acceptors (Lipinski definition) is 8. The topological polar surface area (TPSA) is 123 Å². The normalized spacial score (nSPS) is 10.8. The number of thiophene rings is 1. The third-order valence-corrected chi connectivity index (χ3v) is 4.39. The lowest BCUT2D eigenvalue weighted by atomic mass is 10.2. The molecule has 0 aliphatic carbocycles. The van der Waals surface area contributed by atoms with Crippen LogP contribution < -0.4 is 10.6 Å². The lowest BCUT2D eigenvalue weighted by Crippen LogP contribution is -2.26. The van der Waals surface area contributed by atoms with Gasteiger partial charge < -0.3 is 15.1 Å². The average molecular weight is 361 g/mol. The van der Waals surface area contributed by atoms with Crippen LogP contribution in [0, 0.1) is 17.0 Å². The molecule has 0 atom stereocenters. The number of aromatic nitrogens is 2. The van der Waals surface area contributed by atoms with Gasteiger partial charge in [-0.15, -0.1) is 11.3 Å². The van der Waals surface area contributed by atoms with Gasteiger partial charge in [0.25, 0.3) is 0 Å². The van der Waals surface area contributed by atoms with Gasteiger partial charge in [-0.2, -0.15) is 0 Å². The second-order valence-corrected chi connectivity index (χ2v) is 6.16. The molecule has 0 aromatic carbocycles. The van der Waals surface area contributed by atoms with Crippen molar-refractivity contribution in [1.82, 2.24) is 15.3 Å². The number of carbonyl (C=O) groups excluding carboxylic acids is 1. The molecule has 10 heteroatoms. The fourth-order valence-electron chi connectivity index (χ4n) is 2.29. The molecular weight excluding hydrogens is 346 g/mol. The van der Waals surface area contributed by atoms with Gasteiger partial charge in [-0.3, -0.25) is 14.9 Å². The highest BCUT2D eigenvalue weighted by Crippen LogP contribution is 2.32. The van der Waals surface area contributed by atoms with E-state index in [4.69, 9.17) is 4.42 Å². The second-order valence-electron chi connectivity index (χ2n) is 5.30. The van der Waals surface area contributed by atoms with E-state index in [1.165, 1.54) is 30.4 Å². The van der Waals surface area contributed by atoms with Crippen molar-refractivity contribution in [3.05, 3.63) is 33.2 Å². The van der Waals surface area contributed by atoms with Crippen LogP contribution in [-0.4, -0.2) is 33.9 Å². The summed E-state index contributed by atoms with van der Waals surface area (Å²) in [5, 5.41) is 19.5. The molecule has 0 unspecified atom stereocenters. The van der Waals surface area contributed by atoms with Crippen molar-refractivity contribution >= 4 is 39.2 Å². The van der Waals surface area contributed by atoms with Crippen LogP contribution in [0.15, 0.2) is 21.9 Å². The molecular formula is C15H15N5O4S. The maximum absolute atomic E-state index is 10.9. The number of amides is 1. The molecule has 1 amide bonds. The van der Waals surface area contributed by atoms with E-state index < -0.39 is 4.92 Å². The first kappa shape index (κ1) is 16.8. The van der Waals surface area contributed by atoms with Crippen LogP contribution >= 0.6 is 11.3 Å². The third-order valence-electron chi connectivity index (χ3n) is 3.40. The quantitative estimate of drug-likeness (QED) is 0.393. The SMILES string of the molecule is CC(=O)NCCNc1nc(-c2ccc([N+](=O)[O-])o2)nc2scc(C)c12. The minimum absolute atomic E-state index is 0.107. The maximum Gasteiger partial charge on any atom is 0.433 e. The minimum atomic E-state index is -0.607. The fourth-order valence-corrected chi connectivity index (χ4v) is 3.21. The van der Waals surface area contributed by atoms with E-state index in [9.17, 15) is 14.9 Å². The first-order chi connectivity index (χ1) is 12.0. The van der Waals surface area contributed by atoms with Gasteiger partial charge >= 0.3 is 5.88 Å². The Labute approximate surface area is 146 Å². The molecule has 3 aromatic heterocycles. The second kappa shape index (κ2) is 6.85. The van der Waals surface area contributed by atoms with Gasteiger partial charge in [0, 0.05) is 20.0 Å². The van der Waals surface area contributed by atoms with Gasteiger partial charge in [0.05, 0.1) is 11.5 Å². The zero-order valence-corrected chi connectivity index (χ0v) is 14.3. The van der Waals surface area contributed by atoms with E-state index in [1.807, 2.05) is 12.3 Å². The van der Waals surface area contributed by atoms with E-state index in [-0.39, 0.29) is 23.4 Å². The highest BCUT2D eigenvalue weighted by atomic mass is 32.1. The highest BCUT2D eigenvalue weighted by Gasteiger charge is 2.18. The van der Waals surface area contributed by atoms with Gasteiger partial charge in [-0.1, -0.05) is 0 Å². The predicted molar refractivity (Wildman–Crippen MR) is 93.7 cm³/mol. The number of fused-ring (bicyclic) bond motifs is 1. The lowest BCUT2D eigenvalue weighted by Gasteiger charge is -2.09. The Morgan fingerprint density at radius 1 is 1.36 bits per heavy atom. The number of nitrogens with one attached hydrogen (secondary N) is 2. The van der Waals surface area contributed by atoms with Crippen LogP contribution in [-0.2, 0) is 4.79 Å². The number of furan rings is 1. The van der Waals surface area contributed by atoms with Crippen molar-refractivity contribution in [3.8, 4) is 11.6 Å². The molecule has 9 nitrogen and oxygen atoms in total. The van der Waals surface area contributed by atoms with Crippen LogP contribution in [0.5, 0.6) is 0 Å². The van der Waals surface area contributed by atoms with E-state index in [0.717, 1.165) is 15.8 Å². The summed E-state index contributed by atoms with van der Waals surface area (Å²) in [6.45, 7) is 4.34. The Bertz CT molecular complexity index is 949. The summed E-state index contributed by atoms with van der Waals surface area (Å²) < 4.78 is 5.19. The number of carbonyl (C=O) groups is 1. The molecule has 0 bridgehead atoms. The first-order valence-electron chi connectivity index (χ1n) is 7.44. The third kappa shape index (κ3) is 3.58. The summed E-state index contributed by atoms with van der Waals surface area (Å²) in [7, 11) is 0. The number of nitrogens with zero attached hydrogens (tertiary/aromatic N) is 3. The molecule has 3 rings (SSSR count). The molecule has 0 saturated heterocycles. The van der Waals surface area contributed by atoms with E-state index in [1.54, 1.807) is 0 Å². The van der Waals surface area contributed by atoms with Crippen LogP contribution in [0.25, 0.3) is 21.8 Å². The average Bonchev–Trinajstić information content (AvgIpc) is 3.19. The van der Waals surface area contributed by atoms with Gasteiger partial charge in [-0.25, -0.2) is 9.97 Å². The number of aryl methyl sites for hydroxylation is 1. The van der Waals surface area contributed by atoms with E-state index in [0.29, 0.717) is 18.9 Å². The standard InChI is InChI=1S/C15H15N5O4S/c1-8-7-25-15-12(8)14(17-6-5-16-9(2)21)18-13(19-15)10-3-4-11(24-10)20(22)23/h3-4,7H,5-6H2,1-2H3,(H,16,21)(H,17,18,19). The molecule has 2 N–H and O–H groups in total. The van der Waals surface area contributed by atoms with Crippen LogP contribution in [0.2, 0.25) is 0 Å². The fraction of sp³-hybridized carbons (Fsp3) is 0.267. The summed E-state index contributed by atoms with van der Waals surface area (Å²) in [4.78, 5) is 30.8. The molecule has 0 aliphatic rings. The zero-order chi connectivity index (χ0) is 18.0. The van der Waals surface area contributed by atoms with Crippen LogP contribution in [0.4, 0.5) is 11.7 Å². The monoisotopic (exact) mass is 361 g/mol. The maximum atomic E-state index is 10.9. The van der Waals surface area contributed by atoms with Gasteiger partial charge in [-0.05, 0) is 23.9 Å². The molecule has 25 heavy (non-hydrogen) atoms. The summed E-state index contributed by atoms with van der Waals surface area (Å²) in [5.41, 5.74) is 1.03. The number of rotatable bonds is 6. The molecule has 0 saturated carbocycles. The van der Waals surface area contributed by atoms with Gasteiger partial charge in [0.15, 0.2) is 11.6 Å². The van der Waals surface area contributed by atoms with Crippen LogP contribution in [0.3, 0.4) is 0 Å². The van der Waals surface area contributed by atoms with Crippen molar-refractivity contribution in [3.63, 3.8) is 0 Å². The summed E-state index contributed by atoms with van der Waals surface area (Å²) in [5.74, 6) is 0.628. The Morgan fingerprint density at radius 2 is 2.16 bits per heavy atom. The largest absolute Gasteiger partial charge is 0.433 e. The number of anilines is 1. The molecule has 0 aliphatic heterocycles. The molecule has 3 aromatic rings. The van der Waals surface area contributed by atoms with Gasteiger partial charge in [0.2, 0.25) is 5.91 Å². The molecule has 0 radical (unpaired) electrons. The van der Waals surface area contributed by atoms with E-state index >= 15 is 0 Å². The highest BCUT2D eigenvalue weighted by molar-refractivity contribution is 7.17. The molecule has 3 heterocycles. The van der Waals surface area contributed by atoms with Gasteiger partial charge in [0.1, 0.15) is 15.6 Å². The number of nitro groups is 1. The smallest absolute Gasteiger partial charge is 0.397 e. The van der Waals surface area contributed by atoms with Crippen molar-refractivity contribution < 1.29 is 14.1 Å².